The second kappa shape index (κ2) is 5.64. The summed E-state index contributed by atoms with van der Waals surface area (Å²) in [6, 6.07) is 9.96. The van der Waals surface area contributed by atoms with Gasteiger partial charge in [-0.3, -0.25) is 0 Å². The Balaban J connectivity index is 2.12. The average molecular weight is 262 g/mol. The number of ether oxygens (including phenoxy) is 1. The first kappa shape index (κ1) is 12.6. The van der Waals surface area contributed by atoms with Gasteiger partial charge < -0.3 is 10.1 Å². The number of nitrogens with zero attached hydrogens (tertiary/aromatic N) is 1. The highest BCUT2D eigenvalue weighted by Crippen LogP contribution is 2.23. The van der Waals surface area contributed by atoms with Crippen LogP contribution in [0.4, 0.5) is 5.82 Å². The van der Waals surface area contributed by atoms with Gasteiger partial charge in [-0.1, -0.05) is 30.3 Å². The van der Waals surface area contributed by atoms with E-state index < -0.39 is 0 Å². The van der Waals surface area contributed by atoms with Crippen molar-refractivity contribution in [3.63, 3.8) is 0 Å². The molecule has 94 valence electrons. The van der Waals surface area contributed by atoms with Gasteiger partial charge in [-0.05, 0) is 12.5 Å². The van der Waals surface area contributed by atoms with E-state index in [1.807, 2.05) is 37.3 Å². The van der Waals surface area contributed by atoms with E-state index in [4.69, 9.17) is 4.74 Å². The molecule has 0 atom stereocenters. The van der Waals surface area contributed by atoms with Crippen molar-refractivity contribution in [3.05, 3.63) is 45.8 Å². The maximum Gasteiger partial charge on any atom is 0.351 e. The van der Waals surface area contributed by atoms with Crippen LogP contribution >= 0.6 is 11.3 Å². The molecule has 5 heteroatoms. The fourth-order valence-electron chi connectivity index (χ4n) is 1.56. The SMILES string of the molecule is COC(=O)c1sc(C)nc1NCc1ccccc1. The lowest BCUT2D eigenvalue weighted by Crippen LogP contribution is -2.06. The molecule has 0 unspecified atom stereocenters. The maximum absolute atomic E-state index is 11.6. The molecule has 1 aromatic heterocycles. The third kappa shape index (κ3) is 2.87. The van der Waals surface area contributed by atoms with E-state index in [1.165, 1.54) is 18.4 Å². The van der Waals surface area contributed by atoms with Gasteiger partial charge in [-0.15, -0.1) is 11.3 Å². The first-order valence-electron chi connectivity index (χ1n) is 5.54. The molecule has 1 aromatic carbocycles. The van der Waals surface area contributed by atoms with Crippen molar-refractivity contribution in [1.29, 1.82) is 0 Å². The Morgan fingerprint density at radius 2 is 2.11 bits per heavy atom. The van der Waals surface area contributed by atoms with Gasteiger partial charge in [0.25, 0.3) is 0 Å². The van der Waals surface area contributed by atoms with Gasteiger partial charge in [0.1, 0.15) is 0 Å². The Labute approximate surface area is 110 Å². The summed E-state index contributed by atoms with van der Waals surface area (Å²) in [6.07, 6.45) is 0. The molecule has 0 saturated carbocycles. The van der Waals surface area contributed by atoms with Crippen molar-refractivity contribution >= 4 is 23.1 Å². The lowest BCUT2D eigenvalue weighted by atomic mass is 10.2. The largest absolute Gasteiger partial charge is 0.465 e. The summed E-state index contributed by atoms with van der Waals surface area (Å²) >= 11 is 1.33. The monoisotopic (exact) mass is 262 g/mol. The van der Waals surface area contributed by atoms with E-state index in [0.29, 0.717) is 17.2 Å². The Kier molecular flexibility index (Phi) is 3.94. The van der Waals surface area contributed by atoms with E-state index in [1.54, 1.807) is 0 Å². The molecule has 0 bridgehead atoms. The molecule has 0 radical (unpaired) electrons. The van der Waals surface area contributed by atoms with E-state index in [9.17, 15) is 4.79 Å². The highest BCUT2D eigenvalue weighted by atomic mass is 32.1. The Hall–Kier alpha value is -1.88. The van der Waals surface area contributed by atoms with Gasteiger partial charge in [0.05, 0.1) is 12.1 Å². The molecule has 0 aliphatic heterocycles. The normalized spacial score (nSPS) is 10.1. The van der Waals surface area contributed by atoms with Gasteiger partial charge in [-0.25, -0.2) is 9.78 Å². The van der Waals surface area contributed by atoms with Gasteiger partial charge in [0.2, 0.25) is 0 Å². The molecule has 1 N–H and O–H groups in total. The standard InChI is InChI=1S/C13H14N2O2S/c1-9-15-12(11(18-9)13(16)17-2)14-8-10-6-4-3-5-7-10/h3-7,14H,8H2,1-2H3. The summed E-state index contributed by atoms with van der Waals surface area (Å²) in [5.41, 5.74) is 1.14. The number of benzene rings is 1. The second-order valence-electron chi connectivity index (χ2n) is 3.74. The van der Waals surface area contributed by atoms with Crippen molar-refractivity contribution in [3.8, 4) is 0 Å². The summed E-state index contributed by atoms with van der Waals surface area (Å²) in [5.74, 6) is 0.240. The summed E-state index contributed by atoms with van der Waals surface area (Å²) in [6.45, 7) is 2.50. The third-order valence-corrected chi connectivity index (χ3v) is 3.36. The molecule has 0 spiro atoms. The fourth-order valence-corrected chi connectivity index (χ4v) is 2.37. The van der Waals surface area contributed by atoms with Gasteiger partial charge in [0.15, 0.2) is 10.7 Å². The number of esters is 1. The Morgan fingerprint density at radius 1 is 1.39 bits per heavy atom. The highest BCUT2D eigenvalue weighted by Gasteiger charge is 2.16. The van der Waals surface area contributed by atoms with Crippen LogP contribution in [0, 0.1) is 6.92 Å². The summed E-state index contributed by atoms with van der Waals surface area (Å²) < 4.78 is 4.73. The van der Waals surface area contributed by atoms with E-state index in [2.05, 4.69) is 10.3 Å². The van der Waals surface area contributed by atoms with Crippen LogP contribution in [0.2, 0.25) is 0 Å². The lowest BCUT2D eigenvalue weighted by molar-refractivity contribution is 0.0607. The predicted octanol–water partition coefficient (Wildman–Crippen LogP) is 2.85. The second-order valence-corrected chi connectivity index (χ2v) is 4.94. The molecule has 0 amide bonds. The first-order chi connectivity index (χ1) is 8.70. The van der Waals surface area contributed by atoms with Crippen molar-refractivity contribution in [2.24, 2.45) is 0 Å². The average Bonchev–Trinajstić information content (AvgIpc) is 2.78. The van der Waals surface area contributed by atoms with E-state index in [-0.39, 0.29) is 5.97 Å². The summed E-state index contributed by atoms with van der Waals surface area (Å²) in [7, 11) is 1.37. The minimum absolute atomic E-state index is 0.351. The number of methoxy groups -OCH3 is 1. The molecule has 0 fully saturated rings. The minimum Gasteiger partial charge on any atom is -0.465 e. The number of aromatic nitrogens is 1. The van der Waals surface area contributed by atoms with Crippen molar-refractivity contribution in [2.45, 2.75) is 13.5 Å². The van der Waals surface area contributed by atoms with E-state index >= 15 is 0 Å². The highest BCUT2D eigenvalue weighted by molar-refractivity contribution is 7.14. The van der Waals surface area contributed by atoms with Crippen molar-refractivity contribution in [1.82, 2.24) is 4.98 Å². The van der Waals surface area contributed by atoms with Crippen molar-refractivity contribution in [2.75, 3.05) is 12.4 Å². The predicted molar refractivity (Wildman–Crippen MR) is 72.0 cm³/mol. The number of rotatable bonds is 4. The quantitative estimate of drug-likeness (QED) is 0.861. The van der Waals surface area contributed by atoms with Crippen LogP contribution in [0.25, 0.3) is 0 Å². The third-order valence-electron chi connectivity index (χ3n) is 2.41. The number of aryl methyl sites for hydroxylation is 1. The summed E-state index contributed by atoms with van der Waals surface area (Å²) in [4.78, 5) is 16.4. The van der Waals surface area contributed by atoms with Crippen LogP contribution in [0.15, 0.2) is 30.3 Å². The number of carbonyl (C=O) groups is 1. The molecule has 18 heavy (non-hydrogen) atoms. The topological polar surface area (TPSA) is 51.2 Å². The molecule has 0 saturated heterocycles. The molecule has 2 rings (SSSR count). The van der Waals surface area contributed by atoms with Crippen LogP contribution in [0.1, 0.15) is 20.2 Å². The molecule has 2 aromatic rings. The number of anilines is 1. The van der Waals surface area contributed by atoms with Crippen LogP contribution in [-0.2, 0) is 11.3 Å². The molecule has 0 aliphatic rings. The van der Waals surface area contributed by atoms with Crippen LogP contribution in [0.5, 0.6) is 0 Å². The number of carbonyl (C=O) groups excluding carboxylic acids is 1. The van der Waals surface area contributed by atoms with Crippen LogP contribution < -0.4 is 5.32 Å². The maximum atomic E-state index is 11.6. The lowest BCUT2D eigenvalue weighted by Gasteiger charge is -2.05. The van der Waals surface area contributed by atoms with Crippen LogP contribution in [0.3, 0.4) is 0 Å². The van der Waals surface area contributed by atoms with Gasteiger partial charge in [-0.2, -0.15) is 0 Å². The smallest absolute Gasteiger partial charge is 0.351 e. The molecule has 4 nitrogen and oxygen atoms in total. The minimum atomic E-state index is -0.351. The fraction of sp³-hybridized carbons (Fsp3) is 0.231. The van der Waals surface area contributed by atoms with Crippen LogP contribution in [-0.4, -0.2) is 18.1 Å². The van der Waals surface area contributed by atoms with Crippen molar-refractivity contribution < 1.29 is 9.53 Å². The van der Waals surface area contributed by atoms with Gasteiger partial charge in [0, 0.05) is 6.54 Å². The zero-order valence-electron chi connectivity index (χ0n) is 10.3. The molecular weight excluding hydrogens is 248 g/mol. The summed E-state index contributed by atoms with van der Waals surface area (Å²) in [5, 5.41) is 4.00. The van der Waals surface area contributed by atoms with Gasteiger partial charge >= 0.3 is 5.97 Å². The molecule has 0 aliphatic carbocycles. The first-order valence-corrected chi connectivity index (χ1v) is 6.36. The Bertz CT molecular complexity index is 537. The zero-order valence-corrected chi connectivity index (χ0v) is 11.1. The molecular formula is C13H14N2O2S. The molecule has 1 heterocycles. The zero-order chi connectivity index (χ0) is 13.0. The number of hydrogen-bond acceptors (Lipinski definition) is 5. The number of hydrogen-bond donors (Lipinski definition) is 1. The Morgan fingerprint density at radius 3 is 2.78 bits per heavy atom. The number of thiazole rings is 1. The number of nitrogens with one attached hydrogen (secondary N) is 1. The van der Waals surface area contributed by atoms with E-state index in [0.717, 1.165) is 10.6 Å².